The molecule has 0 aromatic carbocycles. The lowest BCUT2D eigenvalue weighted by Crippen LogP contribution is -2.50. The number of imide groups is 1. The first-order valence-electron chi connectivity index (χ1n) is 14.8. The van der Waals surface area contributed by atoms with Crippen LogP contribution < -0.4 is 16.0 Å². The van der Waals surface area contributed by atoms with Gasteiger partial charge in [-0.1, -0.05) is 27.7 Å². The number of carbonyl (C=O) groups is 6. The zero-order chi connectivity index (χ0) is 32.6. The molecule has 1 unspecified atom stereocenters. The summed E-state index contributed by atoms with van der Waals surface area (Å²) in [6.45, 7) is 13.6. The largest absolute Gasteiger partial charge is 0.379 e. The van der Waals surface area contributed by atoms with Crippen LogP contribution in [0.2, 0.25) is 0 Å². The molecule has 43 heavy (non-hydrogen) atoms. The smallest absolute Gasteiger partial charge is 0.253 e. The van der Waals surface area contributed by atoms with E-state index in [2.05, 4.69) is 16.0 Å². The van der Waals surface area contributed by atoms with Crippen LogP contribution in [0.1, 0.15) is 54.4 Å². The highest BCUT2D eigenvalue weighted by Crippen LogP contribution is 2.04. The molecule has 0 radical (unpaired) electrons. The third-order valence-corrected chi connectivity index (χ3v) is 5.75. The monoisotopic (exact) mass is 614 g/mol. The van der Waals surface area contributed by atoms with Gasteiger partial charge in [0.25, 0.3) is 11.8 Å². The molecule has 0 aliphatic carbocycles. The van der Waals surface area contributed by atoms with E-state index in [4.69, 9.17) is 18.9 Å². The Kier molecular flexibility index (Phi) is 22.5. The average Bonchev–Trinajstić information content (AvgIpc) is 3.30. The molecule has 14 nitrogen and oxygen atoms in total. The van der Waals surface area contributed by atoms with Crippen molar-refractivity contribution in [2.24, 2.45) is 5.92 Å². The van der Waals surface area contributed by atoms with Gasteiger partial charge in [0.1, 0.15) is 6.04 Å². The normalized spacial score (nSPS) is 13.8. The Morgan fingerprint density at radius 2 is 1.16 bits per heavy atom. The molecule has 0 fully saturated rings. The molecule has 0 aromatic heterocycles. The highest BCUT2D eigenvalue weighted by molar-refractivity contribution is 6.13. The van der Waals surface area contributed by atoms with Crippen LogP contribution in [0.4, 0.5) is 0 Å². The quantitative estimate of drug-likeness (QED) is 0.106. The van der Waals surface area contributed by atoms with Crippen LogP contribution in [0.25, 0.3) is 0 Å². The van der Waals surface area contributed by atoms with E-state index in [-0.39, 0.29) is 49.5 Å². The molecule has 1 rings (SSSR count). The van der Waals surface area contributed by atoms with Crippen molar-refractivity contribution in [1.29, 1.82) is 0 Å². The summed E-state index contributed by atoms with van der Waals surface area (Å²) in [5.41, 5.74) is 0. The Bertz CT molecular complexity index is 892. The zero-order valence-electron chi connectivity index (χ0n) is 26.4. The van der Waals surface area contributed by atoms with Gasteiger partial charge in [-0.2, -0.15) is 0 Å². The van der Waals surface area contributed by atoms with Crippen LogP contribution in [-0.2, 0) is 47.7 Å². The maximum atomic E-state index is 12.1. The van der Waals surface area contributed by atoms with E-state index in [0.29, 0.717) is 52.8 Å². The summed E-state index contributed by atoms with van der Waals surface area (Å²) in [6.07, 6.45) is 2.48. The SMILES string of the molecule is CC.CC(C)C(=O)[C@H](C)NC(=O)C(C)NC(=O)CCOCCOCCOCCOCCNC(=O)CCN1C(=O)C=CC1=O. The summed E-state index contributed by atoms with van der Waals surface area (Å²) in [6, 6.07) is -1.38. The summed E-state index contributed by atoms with van der Waals surface area (Å²) >= 11 is 0. The van der Waals surface area contributed by atoms with Crippen LogP contribution in [-0.4, -0.2) is 118 Å². The van der Waals surface area contributed by atoms with Crippen molar-refractivity contribution in [3.05, 3.63) is 12.2 Å². The molecule has 0 saturated carbocycles. The predicted octanol–water partition coefficient (Wildman–Crippen LogP) is 0.135. The fourth-order valence-electron chi connectivity index (χ4n) is 3.43. The van der Waals surface area contributed by atoms with E-state index in [9.17, 15) is 28.8 Å². The number of nitrogens with one attached hydrogen (secondary N) is 3. The number of carbonyl (C=O) groups excluding carboxylic acids is 6. The first-order chi connectivity index (χ1) is 20.5. The van der Waals surface area contributed by atoms with Gasteiger partial charge in [0, 0.05) is 44.0 Å². The van der Waals surface area contributed by atoms with Crippen LogP contribution in [0.3, 0.4) is 0 Å². The van der Waals surface area contributed by atoms with E-state index < -0.39 is 29.8 Å². The molecule has 0 spiro atoms. The Hall–Kier alpha value is -3.20. The number of nitrogens with zero attached hydrogens (tertiary/aromatic N) is 1. The summed E-state index contributed by atoms with van der Waals surface area (Å²) in [5.74, 6) is -2.12. The molecule has 246 valence electrons. The summed E-state index contributed by atoms with van der Waals surface area (Å²) in [5, 5.41) is 7.83. The van der Waals surface area contributed by atoms with Crippen molar-refractivity contribution in [3.8, 4) is 0 Å². The number of ether oxygens (including phenoxy) is 4. The van der Waals surface area contributed by atoms with Crippen molar-refractivity contribution >= 4 is 35.3 Å². The fourth-order valence-corrected chi connectivity index (χ4v) is 3.43. The molecular formula is C29H50N4O10. The molecule has 0 saturated heterocycles. The van der Waals surface area contributed by atoms with Gasteiger partial charge in [-0.15, -0.1) is 0 Å². The lowest BCUT2D eigenvalue weighted by molar-refractivity contribution is -0.137. The lowest BCUT2D eigenvalue weighted by Gasteiger charge is -2.19. The predicted molar refractivity (Wildman–Crippen MR) is 158 cm³/mol. The van der Waals surface area contributed by atoms with Crippen LogP contribution in [0.5, 0.6) is 0 Å². The van der Waals surface area contributed by atoms with E-state index in [1.54, 1.807) is 27.7 Å². The second-order valence-corrected chi connectivity index (χ2v) is 9.54. The Morgan fingerprint density at radius 3 is 1.67 bits per heavy atom. The van der Waals surface area contributed by atoms with Crippen LogP contribution in [0, 0.1) is 5.92 Å². The van der Waals surface area contributed by atoms with Gasteiger partial charge in [0.15, 0.2) is 5.78 Å². The number of amides is 5. The third kappa shape index (κ3) is 18.8. The van der Waals surface area contributed by atoms with Crippen molar-refractivity contribution in [2.45, 2.75) is 66.5 Å². The molecular weight excluding hydrogens is 564 g/mol. The summed E-state index contributed by atoms with van der Waals surface area (Å²) in [7, 11) is 0. The highest BCUT2D eigenvalue weighted by Gasteiger charge is 2.24. The first kappa shape index (κ1) is 39.8. The molecule has 2 atom stereocenters. The highest BCUT2D eigenvalue weighted by atomic mass is 16.6. The maximum absolute atomic E-state index is 12.1. The minimum atomic E-state index is -0.768. The lowest BCUT2D eigenvalue weighted by atomic mass is 10.0. The molecule has 14 heteroatoms. The van der Waals surface area contributed by atoms with Gasteiger partial charge in [-0.3, -0.25) is 33.7 Å². The number of Topliss-reactive ketones (excluding diaryl/α,β-unsaturated/α-hetero) is 1. The Labute approximate surface area is 254 Å². The molecule has 1 aliphatic heterocycles. The van der Waals surface area contributed by atoms with E-state index >= 15 is 0 Å². The molecule has 1 aliphatic rings. The fraction of sp³-hybridized carbons (Fsp3) is 0.724. The molecule has 5 amide bonds. The van der Waals surface area contributed by atoms with Crippen LogP contribution in [0.15, 0.2) is 12.2 Å². The minimum absolute atomic E-state index is 0.0328. The van der Waals surface area contributed by atoms with Gasteiger partial charge in [0.05, 0.1) is 58.9 Å². The molecule has 1 heterocycles. The zero-order valence-corrected chi connectivity index (χ0v) is 26.4. The van der Waals surface area contributed by atoms with Gasteiger partial charge >= 0.3 is 0 Å². The number of hydrogen-bond donors (Lipinski definition) is 3. The van der Waals surface area contributed by atoms with E-state index in [0.717, 1.165) is 4.90 Å². The van der Waals surface area contributed by atoms with Crippen molar-refractivity contribution in [3.63, 3.8) is 0 Å². The molecule has 0 aromatic rings. The molecule has 0 bridgehead atoms. The topological polar surface area (TPSA) is 179 Å². The van der Waals surface area contributed by atoms with Crippen LogP contribution >= 0.6 is 0 Å². The Morgan fingerprint density at radius 1 is 0.674 bits per heavy atom. The van der Waals surface area contributed by atoms with Gasteiger partial charge in [0.2, 0.25) is 17.7 Å². The van der Waals surface area contributed by atoms with E-state index in [1.807, 2.05) is 13.8 Å². The first-order valence-corrected chi connectivity index (χ1v) is 14.8. The standard InChI is InChI=1S/C27H44N4O10.C2H6/c1-19(2)26(36)20(3)30-27(37)21(4)29-23(33)8-11-38-13-15-40-17-18-41-16-14-39-12-9-28-22(32)7-10-31-24(34)5-6-25(31)35;1-2/h5-6,19-21H,7-18H2,1-4H3,(H,28,32)(H,29,33)(H,30,37);1-2H3/t20-,21?;/m0./s1. The van der Waals surface area contributed by atoms with Crippen molar-refractivity contribution < 1.29 is 47.7 Å². The number of hydrogen-bond acceptors (Lipinski definition) is 10. The van der Waals surface area contributed by atoms with Crippen molar-refractivity contribution in [1.82, 2.24) is 20.9 Å². The molecule has 3 N–H and O–H groups in total. The van der Waals surface area contributed by atoms with Crippen molar-refractivity contribution in [2.75, 3.05) is 65.9 Å². The third-order valence-electron chi connectivity index (χ3n) is 5.75. The maximum Gasteiger partial charge on any atom is 0.253 e. The Balaban J connectivity index is 0.00000862. The second kappa shape index (κ2) is 24.3. The summed E-state index contributed by atoms with van der Waals surface area (Å²) < 4.78 is 21.5. The van der Waals surface area contributed by atoms with Gasteiger partial charge < -0.3 is 34.9 Å². The minimum Gasteiger partial charge on any atom is -0.379 e. The van der Waals surface area contributed by atoms with Gasteiger partial charge in [-0.05, 0) is 13.8 Å². The second-order valence-electron chi connectivity index (χ2n) is 9.54. The number of ketones is 1. The number of rotatable bonds is 23. The van der Waals surface area contributed by atoms with E-state index in [1.165, 1.54) is 12.2 Å². The average molecular weight is 615 g/mol. The van der Waals surface area contributed by atoms with Gasteiger partial charge in [-0.25, -0.2) is 0 Å². The summed E-state index contributed by atoms with van der Waals surface area (Å²) in [4.78, 5) is 71.6.